The molecule has 2 aromatic heterocycles. The van der Waals surface area contributed by atoms with Crippen molar-refractivity contribution in [2.75, 3.05) is 26.6 Å². The van der Waals surface area contributed by atoms with Crippen LogP contribution in [0.5, 0.6) is 12.0 Å². The maximum atomic E-state index is 14.5. The van der Waals surface area contributed by atoms with E-state index in [1.54, 1.807) is 11.5 Å². The molecular formula is C17H18FN5O4. The summed E-state index contributed by atoms with van der Waals surface area (Å²) in [5.74, 6) is -1.07. The van der Waals surface area contributed by atoms with Crippen molar-refractivity contribution in [3.8, 4) is 12.0 Å². The van der Waals surface area contributed by atoms with Crippen LogP contribution in [-0.2, 0) is 11.3 Å². The zero-order chi connectivity index (χ0) is 19.6. The van der Waals surface area contributed by atoms with Gasteiger partial charge < -0.3 is 19.9 Å². The molecule has 0 aliphatic carbocycles. The normalized spacial score (nSPS) is 10.8. The van der Waals surface area contributed by atoms with Crippen LogP contribution in [0.3, 0.4) is 0 Å². The van der Waals surface area contributed by atoms with Crippen LogP contribution in [-0.4, -0.2) is 46.3 Å². The van der Waals surface area contributed by atoms with Crippen molar-refractivity contribution in [2.45, 2.75) is 13.5 Å². The summed E-state index contributed by atoms with van der Waals surface area (Å²) in [6.07, 6.45) is 0. The standard InChI is InChI=1S/C17H18FN5O4/c1-4-27-16-21-13(19)12-14(22-16)23(17(20-12)26-3)8-10-6-5-9(7-11(10)18)15(24)25-2/h5-7H,4,8H2,1-3H3,(H2,19,21,22). The van der Waals surface area contributed by atoms with Crippen LogP contribution in [0.1, 0.15) is 22.8 Å². The molecule has 0 spiro atoms. The molecule has 0 saturated heterocycles. The minimum Gasteiger partial charge on any atom is -0.468 e. The lowest BCUT2D eigenvalue weighted by Crippen LogP contribution is -2.08. The third kappa shape index (κ3) is 3.46. The van der Waals surface area contributed by atoms with Crippen molar-refractivity contribution in [3.05, 3.63) is 35.1 Å². The van der Waals surface area contributed by atoms with E-state index in [2.05, 4.69) is 19.7 Å². The summed E-state index contributed by atoms with van der Waals surface area (Å²) < 4.78 is 31.2. The van der Waals surface area contributed by atoms with Crippen molar-refractivity contribution in [3.63, 3.8) is 0 Å². The summed E-state index contributed by atoms with van der Waals surface area (Å²) in [6, 6.07) is 4.36. The van der Waals surface area contributed by atoms with Crippen LogP contribution >= 0.6 is 0 Å². The summed E-state index contributed by atoms with van der Waals surface area (Å²) >= 11 is 0. The molecule has 10 heteroatoms. The fraction of sp³-hybridized carbons (Fsp3) is 0.294. The van der Waals surface area contributed by atoms with Gasteiger partial charge in [-0.15, -0.1) is 0 Å². The van der Waals surface area contributed by atoms with Crippen LogP contribution in [0.2, 0.25) is 0 Å². The molecule has 0 bridgehead atoms. The lowest BCUT2D eigenvalue weighted by molar-refractivity contribution is 0.0600. The van der Waals surface area contributed by atoms with Crippen molar-refractivity contribution in [1.29, 1.82) is 0 Å². The maximum absolute atomic E-state index is 14.5. The van der Waals surface area contributed by atoms with Gasteiger partial charge in [-0.2, -0.15) is 15.0 Å². The molecule has 0 radical (unpaired) electrons. The number of anilines is 1. The molecule has 0 unspecified atom stereocenters. The van der Waals surface area contributed by atoms with Crippen molar-refractivity contribution in [1.82, 2.24) is 19.5 Å². The van der Waals surface area contributed by atoms with Gasteiger partial charge in [0.15, 0.2) is 17.0 Å². The molecule has 0 aliphatic rings. The zero-order valence-electron chi connectivity index (χ0n) is 15.0. The first-order chi connectivity index (χ1) is 13.0. The number of carbonyl (C=O) groups is 1. The maximum Gasteiger partial charge on any atom is 0.337 e. The number of nitrogens with two attached hydrogens (primary N) is 1. The topological polar surface area (TPSA) is 114 Å². The van der Waals surface area contributed by atoms with E-state index in [9.17, 15) is 9.18 Å². The number of fused-ring (bicyclic) bond motifs is 1. The molecule has 142 valence electrons. The second-order valence-corrected chi connectivity index (χ2v) is 5.48. The van der Waals surface area contributed by atoms with Crippen LogP contribution in [0, 0.1) is 5.82 Å². The predicted octanol–water partition coefficient (Wildman–Crippen LogP) is 1.79. The number of hydrogen-bond donors (Lipinski definition) is 1. The van der Waals surface area contributed by atoms with Crippen LogP contribution in [0.4, 0.5) is 10.2 Å². The molecule has 3 aromatic rings. The van der Waals surface area contributed by atoms with E-state index >= 15 is 0 Å². The Kier molecular flexibility index (Phi) is 5.06. The van der Waals surface area contributed by atoms with E-state index in [-0.39, 0.29) is 29.9 Å². The number of nitrogens with zero attached hydrogens (tertiary/aromatic N) is 4. The van der Waals surface area contributed by atoms with Crippen molar-refractivity contribution >= 4 is 23.0 Å². The van der Waals surface area contributed by atoms with E-state index in [0.717, 1.165) is 6.07 Å². The molecule has 3 rings (SSSR count). The van der Waals surface area contributed by atoms with Crippen LogP contribution in [0.15, 0.2) is 18.2 Å². The average molecular weight is 375 g/mol. The highest BCUT2D eigenvalue weighted by molar-refractivity contribution is 5.89. The fourth-order valence-electron chi connectivity index (χ4n) is 2.56. The number of aromatic nitrogens is 4. The van der Waals surface area contributed by atoms with E-state index in [1.165, 1.54) is 26.4 Å². The van der Waals surface area contributed by atoms with Gasteiger partial charge in [-0.05, 0) is 19.1 Å². The molecule has 0 atom stereocenters. The first kappa shape index (κ1) is 18.4. The van der Waals surface area contributed by atoms with Gasteiger partial charge in [0.25, 0.3) is 6.01 Å². The number of nitrogen functional groups attached to an aromatic ring is 1. The largest absolute Gasteiger partial charge is 0.468 e. The van der Waals surface area contributed by atoms with Crippen molar-refractivity contribution < 1.29 is 23.4 Å². The smallest absolute Gasteiger partial charge is 0.337 e. The molecule has 2 heterocycles. The number of benzene rings is 1. The Morgan fingerprint density at radius 2 is 2.04 bits per heavy atom. The number of imidazole rings is 1. The second kappa shape index (κ2) is 7.44. The van der Waals surface area contributed by atoms with Crippen LogP contribution < -0.4 is 15.2 Å². The molecule has 0 aliphatic heterocycles. The second-order valence-electron chi connectivity index (χ2n) is 5.48. The summed E-state index contributed by atoms with van der Waals surface area (Å²) in [6.45, 7) is 2.20. The first-order valence-electron chi connectivity index (χ1n) is 8.05. The SMILES string of the molecule is CCOc1nc(N)c2nc(OC)n(Cc3ccc(C(=O)OC)cc3F)c2n1. The third-order valence-electron chi connectivity index (χ3n) is 3.82. The number of halogens is 1. The lowest BCUT2D eigenvalue weighted by Gasteiger charge is -2.10. The van der Waals surface area contributed by atoms with Gasteiger partial charge in [0.2, 0.25) is 0 Å². The van der Waals surface area contributed by atoms with Gasteiger partial charge >= 0.3 is 12.0 Å². The summed E-state index contributed by atoms with van der Waals surface area (Å²) in [5.41, 5.74) is 7.01. The summed E-state index contributed by atoms with van der Waals surface area (Å²) in [7, 11) is 2.66. The number of methoxy groups -OCH3 is 2. The van der Waals surface area contributed by atoms with Crippen LogP contribution in [0.25, 0.3) is 11.2 Å². The quantitative estimate of drug-likeness (QED) is 0.649. The number of hydrogen-bond acceptors (Lipinski definition) is 8. The highest BCUT2D eigenvalue weighted by atomic mass is 19.1. The monoisotopic (exact) mass is 375 g/mol. The molecule has 27 heavy (non-hydrogen) atoms. The molecule has 0 saturated carbocycles. The highest BCUT2D eigenvalue weighted by Crippen LogP contribution is 2.27. The molecule has 9 nitrogen and oxygen atoms in total. The molecule has 0 fully saturated rings. The third-order valence-corrected chi connectivity index (χ3v) is 3.82. The molecule has 2 N–H and O–H groups in total. The minimum atomic E-state index is -0.618. The molecule has 0 amide bonds. The molecule has 1 aromatic carbocycles. The first-order valence-corrected chi connectivity index (χ1v) is 8.05. The summed E-state index contributed by atoms with van der Waals surface area (Å²) in [4.78, 5) is 24.1. The highest BCUT2D eigenvalue weighted by Gasteiger charge is 2.19. The number of carbonyl (C=O) groups excluding carboxylic acids is 1. The van der Waals surface area contributed by atoms with Gasteiger partial charge in [-0.1, -0.05) is 6.07 Å². The van der Waals surface area contributed by atoms with Gasteiger partial charge in [0.1, 0.15) is 5.82 Å². The fourth-order valence-corrected chi connectivity index (χ4v) is 2.56. The van der Waals surface area contributed by atoms with E-state index in [4.69, 9.17) is 15.2 Å². The van der Waals surface area contributed by atoms with E-state index in [0.29, 0.717) is 23.3 Å². The number of rotatable bonds is 6. The Bertz CT molecular complexity index is 1000. The number of esters is 1. The van der Waals surface area contributed by atoms with Gasteiger partial charge in [-0.25, -0.2) is 9.18 Å². The predicted molar refractivity (Wildman–Crippen MR) is 94.3 cm³/mol. The lowest BCUT2D eigenvalue weighted by atomic mass is 10.1. The number of ether oxygens (including phenoxy) is 3. The van der Waals surface area contributed by atoms with Gasteiger partial charge in [0.05, 0.1) is 32.9 Å². The van der Waals surface area contributed by atoms with Gasteiger partial charge in [-0.3, -0.25) is 4.57 Å². The zero-order valence-corrected chi connectivity index (χ0v) is 15.0. The summed E-state index contributed by atoms with van der Waals surface area (Å²) in [5, 5.41) is 0. The Morgan fingerprint density at radius 1 is 1.26 bits per heavy atom. The van der Waals surface area contributed by atoms with Crippen molar-refractivity contribution in [2.24, 2.45) is 0 Å². The Hall–Kier alpha value is -3.43. The van der Waals surface area contributed by atoms with E-state index < -0.39 is 11.8 Å². The molecular weight excluding hydrogens is 357 g/mol. The minimum absolute atomic E-state index is 0.0506. The average Bonchev–Trinajstić information content (AvgIpc) is 3.01. The Balaban J connectivity index is 2.07. The Labute approximate surface area is 153 Å². The Morgan fingerprint density at radius 3 is 2.67 bits per heavy atom. The van der Waals surface area contributed by atoms with Gasteiger partial charge in [0, 0.05) is 5.56 Å². The van der Waals surface area contributed by atoms with E-state index in [1.807, 2.05) is 0 Å².